The molecule has 1 heterocycles. The van der Waals surface area contributed by atoms with E-state index in [0.29, 0.717) is 0 Å². The van der Waals surface area contributed by atoms with Crippen LogP contribution in [0.4, 0.5) is 17.1 Å². The molecular formula is C74H53NO. The fourth-order valence-corrected chi connectivity index (χ4v) is 13.3. The van der Waals surface area contributed by atoms with Gasteiger partial charge in [-0.1, -0.05) is 228 Å². The summed E-state index contributed by atoms with van der Waals surface area (Å²) in [6, 6.07) is 92.1. The topological polar surface area (TPSA) is 12.5 Å². The van der Waals surface area contributed by atoms with E-state index in [1.165, 1.54) is 77.2 Å². The number of anilines is 3. The minimum absolute atomic E-state index is 0.182. The van der Waals surface area contributed by atoms with Crippen LogP contribution in [0, 0.1) is 0 Å². The van der Waals surface area contributed by atoms with Crippen LogP contribution in [0.15, 0.2) is 249 Å². The molecule has 76 heavy (non-hydrogen) atoms. The number of benzene rings is 12. The van der Waals surface area contributed by atoms with E-state index in [0.717, 1.165) is 73.1 Å². The highest BCUT2D eigenvalue weighted by Crippen LogP contribution is 2.60. The lowest BCUT2D eigenvalue weighted by molar-refractivity contribution is 0.477. The second kappa shape index (κ2) is 16.6. The van der Waals surface area contributed by atoms with E-state index < -0.39 is 0 Å². The number of hydrogen-bond donors (Lipinski definition) is 0. The molecule has 0 fully saturated rings. The summed E-state index contributed by atoms with van der Waals surface area (Å²) in [5, 5.41) is 5.01. The van der Waals surface area contributed by atoms with Crippen molar-refractivity contribution in [2.24, 2.45) is 0 Å². The third kappa shape index (κ3) is 6.53. The van der Waals surface area contributed by atoms with E-state index in [1.807, 2.05) is 0 Å². The predicted molar refractivity (Wildman–Crippen MR) is 319 cm³/mol. The van der Waals surface area contributed by atoms with Crippen LogP contribution in [-0.2, 0) is 10.8 Å². The van der Waals surface area contributed by atoms with E-state index in [2.05, 4.69) is 281 Å². The zero-order chi connectivity index (χ0) is 50.9. The third-order valence-corrected chi connectivity index (χ3v) is 17.0. The maximum Gasteiger partial charge on any atom is 0.151 e. The van der Waals surface area contributed by atoms with Crippen molar-refractivity contribution < 1.29 is 4.74 Å². The van der Waals surface area contributed by atoms with Crippen molar-refractivity contribution in [2.75, 3.05) is 4.90 Å². The fraction of sp³-hybridized carbons (Fsp3) is 0.0811. The molecule has 0 saturated heterocycles. The number of rotatable bonds is 6. The Labute approximate surface area is 444 Å². The normalized spacial score (nSPS) is 14.1. The molecule has 12 aromatic rings. The molecule has 1 aliphatic heterocycles. The first kappa shape index (κ1) is 44.3. The first-order valence-corrected chi connectivity index (χ1v) is 26.7. The molecule has 3 aliphatic rings. The SMILES string of the molecule is CC1(C)c2ccccc2-c2c1cc(-c1ccc3c(c1)N(c1c(-c4ccccc4)cc(-c4ccccc4)cc1-c1ccccc1)c1cc(-c4cc5c(c6ccccc46)-c4ccccc4C5(C)C)ccc1O3)c1ccccc21. The van der Waals surface area contributed by atoms with Gasteiger partial charge in [-0.15, -0.1) is 0 Å². The van der Waals surface area contributed by atoms with E-state index in [-0.39, 0.29) is 10.8 Å². The summed E-state index contributed by atoms with van der Waals surface area (Å²) >= 11 is 0. The summed E-state index contributed by atoms with van der Waals surface area (Å²) in [5.74, 6) is 1.60. The van der Waals surface area contributed by atoms with Gasteiger partial charge < -0.3 is 9.64 Å². The Morgan fingerprint density at radius 2 is 0.658 bits per heavy atom. The second-order valence-electron chi connectivity index (χ2n) is 21.9. The van der Waals surface area contributed by atoms with Crippen molar-refractivity contribution in [1.29, 1.82) is 0 Å². The van der Waals surface area contributed by atoms with Crippen molar-refractivity contribution in [3.05, 3.63) is 271 Å². The van der Waals surface area contributed by atoms with Crippen LogP contribution >= 0.6 is 0 Å². The predicted octanol–water partition coefficient (Wildman–Crippen LogP) is 20.5. The van der Waals surface area contributed by atoms with Gasteiger partial charge in [0, 0.05) is 22.0 Å². The lowest BCUT2D eigenvalue weighted by atomic mass is 9.80. The lowest BCUT2D eigenvalue weighted by Crippen LogP contribution is -2.18. The minimum atomic E-state index is -0.182. The zero-order valence-corrected chi connectivity index (χ0v) is 43.0. The average molecular weight is 972 g/mol. The number of hydrogen-bond acceptors (Lipinski definition) is 2. The Balaban J connectivity index is 1.03. The molecule has 360 valence electrons. The average Bonchev–Trinajstić information content (AvgIpc) is 4.05. The molecule has 0 amide bonds. The molecular weight excluding hydrogens is 919 g/mol. The Bertz CT molecular complexity index is 4100. The second-order valence-corrected chi connectivity index (χ2v) is 21.9. The van der Waals surface area contributed by atoms with Crippen LogP contribution in [0.5, 0.6) is 11.5 Å². The number of nitrogens with zero attached hydrogens (tertiary/aromatic N) is 1. The molecule has 0 bridgehead atoms. The highest BCUT2D eigenvalue weighted by Gasteiger charge is 2.39. The Morgan fingerprint density at radius 3 is 1.11 bits per heavy atom. The van der Waals surface area contributed by atoms with E-state index in [1.54, 1.807) is 0 Å². The monoisotopic (exact) mass is 971 g/mol. The smallest absolute Gasteiger partial charge is 0.151 e. The van der Waals surface area contributed by atoms with Crippen LogP contribution in [0.25, 0.3) is 99.4 Å². The maximum absolute atomic E-state index is 7.23. The first-order chi connectivity index (χ1) is 37.2. The van der Waals surface area contributed by atoms with Crippen molar-refractivity contribution in [2.45, 2.75) is 38.5 Å². The molecule has 0 spiro atoms. The van der Waals surface area contributed by atoms with Gasteiger partial charge in [-0.3, -0.25) is 0 Å². The minimum Gasteiger partial charge on any atom is -0.453 e. The number of ether oxygens (including phenoxy) is 1. The highest BCUT2D eigenvalue weighted by atomic mass is 16.5. The standard InChI is InChI=1S/C74H53NO/c1-73(2)62-34-20-18-32-56(62)70-54-30-16-14-28-52(54)58(44-64(70)73)49-36-38-68-66(42-49)75(72-60(47-24-10-6-11-25-47)40-51(46-22-8-5-9-23-46)41-61(72)48-26-12-7-13-27-48)67-43-50(37-39-69(67)76-68)59-45-65-71(55-31-17-15-29-53(55)59)57-33-19-21-35-63(57)74(65,3)4/h5-45H,1-4H3. The summed E-state index contributed by atoms with van der Waals surface area (Å²) in [7, 11) is 0. The fourth-order valence-electron chi connectivity index (χ4n) is 13.3. The van der Waals surface area contributed by atoms with Gasteiger partial charge >= 0.3 is 0 Å². The quantitative estimate of drug-likeness (QED) is 0.165. The Kier molecular flexibility index (Phi) is 9.69. The van der Waals surface area contributed by atoms with Crippen molar-refractivity contribution >= 4 is 38.6 Å². The summed E-state index contributed by atoms with van der Waals surface area (Å²) < 4.78 is 7.23. The molecule has 15 rings (SSSR count). The van der Waals surface area contributed by atoms with Crippen LogP contribution in [0.3, 0.4) is 0 Å². The van der Waals surface area contributed by atoms with E-state index >= 15 is 0 Å². The molecule has 2 aliphatic carbocycles. The molecule has 2 heteroatoms. The van der Waals surface area contributed by atoms with E-state index in [4.69, 9.17) is 4.74 Å². The molecule has 0 unspecified atom stereocenters. The van der Waals surface area contributed by atoms with Gasteiger partial charge in [-0.05, 0) is 159 Å². The van der Waals surface area contributed by atoms with Crippen LogP contribution < -0.4 is 9.64 Å². The molecule has 2 nitrogen and oxygen atoms in total. The zero-order valence-electron chi connectivity index (χ0n) is 43.0. The Hall–Kier alpha value is -9.24. The van der Waals surface area contributed by atoms with Gasteiger partial charge in [0.05, 0.1) is 17.1 Å². The van der Waals surface area contributed by atoms with Gasteiger partial charge in [-0.25, -0.2) is 0 Å². The van der Waals surface area contributed by atoms with Crippen LogP contribution in [0.1, 0.15) is 49.9 Å². The van der Waals surface area contributed by atoms with Crippen LogP contribution in [-0.4, -0.2) is 0 Å². The number of fused-ring (bicyclic) bond motifs is 12. The molecule has 0 atom stereocenters. The summed E-state index contributed by atoms with van der Waals surface area (Å²) in [6.45, 7) is 9.53. The van der Waals surface area contributed by atoms with Gasteiger partial charge in [0.2, 0.25) is 0 Å². The van der Waals surface area contributed by atoms with Gasteiger partial charge in [-0.2, -0.15) is 0 Å². The van der Waals surface area contributed by atoms with Crippen LogP contribution in [0.2, 0.25) is 0 Å². The maximum atomic E-state index is 7.23. The first-order valence-electron chi connectivity index (χ1n) is 26.7. The third-order valence-electron chi connectivity index (χ3n) is 17.0. The van der Waals surface area contributed by atoms with Gasteiger partial charge in [0.25, 0.3) is 0 Å². The molecule has 0 aromatic heterocycles. The Morgan fingerprint density at radius 1 is 0.276 bits per heavy atom. The molecule has 0 radical (unpaired) electrons. The summed E-state index contributed by atoms with van der Waals surface area (Å²) in [6.07, 6.45) is 0. The summed E-state index contributed by atoms with van der Waals surface area (Å²) in [4.78, 5) is 2.53. The highest BCUT2D eigenvalue weighted by molar-refractivity contribution is 6.12. The molecule has 12 aromatic carbocycles. The van der Waals surface area contributed by atoms with E-state index in [9.17, 15) is 0 Å². The van der Waals surface area contributed by atoms with Crippen molar-refractivity contribution in [1.82, 2.24) is 0 Å². The van der Waals surface area contributed by atoms with Gasteiger partial charge in [0.1, 0.15) is 0 Å². The molecule has 0 saturated carbocycles. The van der Waals surface area contributed by atoms with Crippen molar-refractivity contribution in [3.8, 4) is 89.4 Å². The summed E-state index contributed by atoms with van der Waals surface area (Å²) in [5.41, 5.74) is 25.0. The van der Waals surface area contributed by atoms with Crippen molar-refractivity contribution in [3.63, 3.8) is 0 Å². The van der Waals surface area contributed by atoms with Gasteiger partial charge in [0.15, 0.2) is 11.5 Å². The lowest BCUT2D eigenvalue weighted by Gasteiger charge is -2.36. The largest absolute Gasteiger partial charge is 0.453 e. The molecule has 0 N–H and O–H groups in total.